The average molecular weight is 376 g/mol. The molecule has 1 N–H and O–H groups in total. The predicted octanol–water partition coefficient (Wildman–Crippen LogP) is 3.76. The van der Waals surface area contributed by atoms with Crippen LogP contribution in [0.15, 0.2) is 22.8 Å². The van der Waals surface area contributed by atoms with E-state index in [1.807, 2.05) is 0 Å². The highest BCUT2D eigenvalue weighted by atomic mass is 16.6. The van der Waals surface area contributed by atoms with E-state index in [9.17, 15) is 14.7 Å². The third-order valence-corrected chi connectivity index (χ3v) is 6.43. The summed E-state index contributed by atoms with van der Waals surface area (Å²) in [5.74, 6) is 0.219. The third-order valence-electron chi connectivity index (χ3n) is 6.43. The van der Waals surface area contributed by atoms with Crippen LogP contribution in [0.3, 0.4) is 0 Å². The van der Waals surface area contributed by atoms with E-state index in [0.717, 1.165) is 25.7 Å². The number of rotatable bonds is 5. The summed E-state index contributed by atoms with van der Waals surface area (Å²) < 4.78 is 11.0. The van der Waals surface area contributed by atoms with Gasteiger partial charge in [0.15, 0.2) is 0 Å². The normalized spacial score (nSPS) is 36.0. The highest BCUT2D eigenvalue weighted by molar-refractivity contribution is 5.93. The van der Waals surface area contributed by atoms with E-state index in [1.54, 1.807) is 0 Å². The van der Waals surface area contributed by atoms with Crippen LogP contribution in [0.1, 0.15) is 60.3 Å². The summed E-state index contributed by atoms with van der Waals surface area (Å²) in [6.45, 7) is 9.87. The smallest absolute Gasteiger partial charge is 0.337 e. The molecule has 0 radical (unpaired) electrons. The molecule has 3 aliphatic rings. The topological polar surface area (TPSA) is 72.8 Å². The van der Waals surface area contributed by atoms with Crippen molar-refractivity contribution in [3.63, 3.8) is 0 Å². The highest BCUT2D eigenvalue weighted by Crippen LogP contribution is 2.57. The van der Waals surface area contributed by atoms with Crippen LogP contribution in [0.25, 0.3) is 0 Å². The van der Waals surface area contributed by atoms with Crippen LogP contribution in [0.4, 0.5) is 0 Å². The third kappa shape index (κ3) is 4.13. The Morgan fingerprint density at radius 2 is 2.04 bits per heavy atom. The molecule has 0 bridgehead atoms. The van der Waals surface area contributed by atoms with Gasteiger partial charge in [-0.3, -0.25) is 4.79 Å². The van der Waals surface area contributed by atoms with Crippen LogP contribution < -0.4 is 0 Å². The van der Waals surface area contributed by atoms with E-state index >= 15 is 0 Å². The zero-order valence-corrected chi connectivity index (χ0v) is 17.0. The molecular formula is C22H32O5. The van der Waals surface area contributed by atoms with Crippen LogP contribution in [0, 0.1) is 29.6 Å². The number of carbonyl (C=O) groups excluding carboxylic acids is 2. The van der Waals surface area contributed by atoms with Gasteiger partial charge in [0, 0.05) is 24.0 Å². The van der Waals surface area contributed by atoms with Crippen molar-refractivity contribution in [3.05, 3.63) is 22.8 Å². The second kappa shape index (κ2) is 7.78. The minimum Gasteiger partial charge on any atom is -0.462 e. The molecule has 3 rings (SSSR count). The van der Waals surface area contributed by atoms with Crippen molar-refractivity contribution < 1.29 is 24.2 Å². The fourth-order valence-corrected chi connectivity index (χ4v) is 5.07. The molecular weight excluding hydrogens is 344 g/mol. The Kier molecular flexibility index (Phi) is 5.80. The van der Waals surface area contributed by atoms with Crippen molar-refractivity contribution in [2.24, 2.45) is 29.6 Å². The van der Waals surface area contributed by atoms with E-state index in [2.05, 4.69) is 33.8 Å². The molecule has 7 atom stereocenters. The Morgan fingerprint density at radius 3 is 2.67 bits per heavy atom. The summed E-state index contributed by atoms with van der Waals surface area (Å²) >= 11 is 0. The fourth-order valence-electron chi connectivity index (χ4n) is 5.07. The van der Waals surface area contributed by atoms with E-state index in [-0.39, 0.29) is 35.8 Å². The summed E-state index contributed by atoms with van der Waals surface area (Å²) in [5, 5.41) is 10.5. The van der Waals surface area contributed by atoms with Gasteiger partial charge in [-0.05, 0) is 63.2 Å². The van der Waals surface area contributed by atoms with Gasteiger partial charge in [0.25, 0.3) is 0 Å². The Morgan fingerprint density at radius 1 is 1.33 bits per heavy atom. The van der Waals surface area contributed by atoms with Crippen LogP contribution >= 0.6 is 0 Å². The quantitative estimate of drug-likeness (QED) is 0.584. The highest BCUT2D eigenvalue weighted by Gasteiger charge is 2.55. The Bertz CT molecular complexity index is 672. The molecule has 0 amide bonds. The summed E-state index contributed by atoms with van der Waals surface area (Å²) in [5.41, 5.74) is 2.61. The monoisotopic (exact) mass is 376 g/mol. The summed E-state index contributed by atoms with van der Waals surface area (Å²) in [6.07, 6.45) is 4.17. The Balaban J connectivity index is 1.98. The number of ether oxygens (including phenoxy) is 2. The van der Waals surface area contributed by atoms with Gasteiger partial charge in [0.05, 0.1) is 0 Å². The molecule has 27 heavy (non-hydrogen) atoms. The molecule has 0 aromatic rings. The number of carbonyl (C=O) groups is 2. The number of esters is 2. The maximum atomic E-state index is 12.5. The fraction of sp³-hybridized carbons (Fsp3) is 0.727. The zero-order chi connectivity index (χ0) is 19.9. The molecule has 5 nitrogen and oxygen atoms in total. The lowest BCUT2D eigenvalue weighted by Crippen LogP contribution is -2.38. The average Bonchev–Trinajstić information content (AvgIpc) is 3.26. The maximum absolute atomic E-state index is 12.5. The second-order valence-electron chi connectivity index (χ2n) is 8.86. The van der Waals surface area contributed by atoms with E-state index in [4.69, 9.17) is 9.47 Å². The molecule has 0 aromatic heterocycles. The van der Waals surface area contributed by atoms with Crippen LogP contribution in [0.5, 0.6) is 0 Å². The van der Waals surface area contributed by atoms with Gasteiger partial charge in [-0.15, -0.1) is 0 Å². The second-order valence-corrected chi connectivity index (χ2v) is 8.86. The SMILES string of the molecule is CC(=O)O[C@H]1C[C@H](C)[C@H]2C[C@H]2C2=C(C1C(C)CCC=C(C)C)[C@H](O)OC2=O. The van der Waals surface area contributed by atoms with Gasteiger partial charge in [0.2, 0.25) is 6.29 Å². The van der Waals surface area contributed by atoms with Crippen molar-refractivity contribution >= 4 is 11.9 Å². The number of aliphatic hydroxyl groups excluding tert-OH is 1. The van der Waals surface area contributed by atoms with Gasteiger partial charge in [-0.2, -0.15) is 0 Å². The lowest BCUT2D eigenvalue weighted by atomic mass is 9.73. The largest absolute Gasteiger partial charge is 0.462 e. The first-order chi connectivity index (χ1) is 12.7. The van der Waals surface area contributed by atoms with Crippen LogP contribution in [-0.4, -0.2) is 29.4 Å². The molecule has 5 heteroatoms. The van der Waals surface area contributed by atoms with Crippen molar-refractivity contribution in [2.75, 3.05) is 0 Å². The molecule has 1 fully saturated rings. The maximum Gasteiger partial charge on any atom is 0.337 e. The van der Waals surface area contributed by atoms with Gasteiger partial charge >= 0.3 is 11.9 Å². The number of hydrogen-bond acceptors (Lipinski definition) is 5. The number of hydrogen-bond donors (Lipinski definition) is 1. The number of cyclic esters (lactones) is 1. The van der Waals surface area contributed by atoms with Crippen LogP contribution in [0.2, 0.25) is 0 Å². The molecule has 2 aliphatic carbocycles. The van der Waals surface area contributed by atoms with Crippen molar-refractivity contribution in [3.8, 4) is 0 Å². The lowest BCUT2D eigenvalue weighted by Gasteiger charge is -2.36. The van der Waals surface area contributed by atoms with E-state index < -0.39 is 6.29 Å². The van der Waals surface area contributed by atoms with E-state index in [0.29, 0.717) is 23.0 Å². The molecule has 1 saturated carbocycles. The molecule has 0 spiro atoms. The van der Waals surface area contributed by atoms with Crippen molar-refractivity contribution in [2.45, 2.75) is 72.7 Å². The minimum atomic E-state index is -1.21. The lowest BCUT2D eigenvalue weighted by molar-refractivity contribution is -0.156. The first kappa shape index (κ1) is 20.1. The standard InChI is InChI=1S/C22H32O5/c1-11(2)7-6-8-12(3)18-17(26-14(5)23)9-13(4)15-10-16(15)19-20(18)22(25)27-21(19)24/h7,12-13,15-18,22,25H,6,8-10H2,1-5H3/t12?,13-,15+,16+,17-,18?,22+/m0/s1. The molecule has 0 saturated heterocycles. The number of allylic oxidation sites excluding steroid dienone is 2. The zero-order valence-electron chi connectivity index (χ0n) is 17.0. The van der Waals surface area contributed by atoms with Gasteiger partial charge in [-0.1, -0.05) is 25.5 Å². The summed E-state index contributed by atoms with van der Waals surface area (Å²) in [7, 11) is 0. The minimum absolute atomic E-state index is 0.154. The molecule has 2 unspecified atom stereocenters. The molecule has 0 aromatic carbocycles. The van der Waals surface area contributed by atoms with Gasteiger partial charge in [0.1, 0.15) is 6.10 Å². The van der Waals surface area contributed by atoms with Crippen LogP contribution in [-0.2, 0) is 19.1 Å². The summed E-state index contributed by atoms with van der Waals surface area (Å²) in [4.78, 5) is 24.3. The van der Waals surface area contributed by atoms with Crippen molar-refractivity contribution in [1.82, 2.24) is 0 Å². The van der Waals surface area contributed by atoms with Gasteiger partial charge in [-0.25, -0.2) is 4.79 Å². The Hall–Kier alpha value is -1.62. The number of aliphatic hydroxyl groups is 1. The first-order valence-corrected chi connectivity index (χ1v) is 10.1. The Labute approximate surface area is 161 Å². The summed E-state index contributed by atoms with van der Waals surface area (Å²) in [6, 6.07) is 0. The predicted molar refractivity (Wildman–Crippen MR) is 101 cm³/mol. The number of fused-ring (bicyclic) bond motifs is 2. The van der Waals surface area contributed by atoms with Crippen molar-refractivity contribution in [1.29, 1.82) is 0 Å². The van der Waals surface area contributed by atoms with E-state index in [1.165, 1.54) is 12.5 Å². The first-order valence-electron chi connectivity index (χ1n) is 10.1. The molecule has 1 heterocycles. The molecule has 150 valence electrons. The van der Waals surface area contributed by atoms with Gasteiger partial charge < -0.3 is 14.6 Å². The molecule has 1 aliphatic heterocycles.